The van der Waals surface area contributed by atoms with Gasteiger partial charge in [-0.2, -0.15) is 0 Å². The minimum atomic E-state index is 0. The summed E-state index contributed by atoms with van der Waals surface area (Å²) in [7, 11) is 0. The predicted molar refractivity (Wildman–Crippen MR) is 88.4 cm³/mol. The third-order valence-corrected chi connectivity index (χ3v) is 3.36. The summed E-state index contributed by atoms with van der Waals surface area (Å²) in [5, 5.41) is 5.56. The summed E-state index contributed by atoms with van der Waals surface area (Å²) < 4.78 is 0. The van der Waals surface area contributed by atoms with Crippen molar-refractivity contribution in [3.63, 3.8) is 0 Å². The molecule has 0 saturated heterocycles. The van der Waals surface area contributed by atoms with Gasteiger partial charge in [-0.25, -0.2) is 9.97 Å². The van der Waals surface area contributed by atoms with Gasteiger partial charge in [0.2, 0.25) is 0 Å². The minimum absolute atomic E-state index is 0. The molecule has 0 aliphatic rings. The molecule has 0 fully saturated rings. The third-order valence-electron chi connectivity index (χ3n) is 3.36. The largest absolute Gasteiger partial charge is 0.361 e. The van der Waals surface area contributed by atoms with Gasteiger partial charge < -0.3 is 10.3 Å². The summed E-state index contributed by atoms with van der Waals surface area (Å²) in [6, 6.07) is 16.2. The third kappa shape index (κ3) is 2.41. The Bertz CT molecular complexity index is 895. The molecule has 4 aromatic rings. The highest BCUT2D eigenvalue weighted by Gasteiger charge is 2.04. The van der Waals surface area contributed by atoms with E-state index in [2.05, 4.69) is 38.5 Å². The Labute approximate surface area is 127 Å². The molecular formula is C16H13ClN4. The molecule has 104 valence electrons. The number of anilines is 2. The molecule has 0 amide bonds. The Morgan fingerprint density at radius 3 is 2.81 bits per heavy atom. The molecule has 21 heavy (non-hydrogen) atoms. The first-order valence-electron chi connectivity index (χ1n) is 6.44. The first-order chi connectivity index (χ1) is 9.90. The van der Waals surface area contributed by atoms with Gasteiger partial charge in [-0.3, -0.25) is 0 Å². The number of halogens is 1. The Morgan fingerprint density at radius 1 is 0.952 bits per heavy atom. The standard InChI is InChI=1S/C16H12N4.ClH/c1-2-4-15-13(3-1)16(19-10-18-15)20-12-5-6-14-11(9-12)7-8-17-14;/h1-10,17H,(H,18,19,20);1H. The van der Waals surface area contributed by atoms with Crippen LogP contribution in [-0.4, -0.2) is 15.0 Å². The van der Waals surface area contributed by atoms with Crippen molar-refractivity contribution in [3.8, 4) is 0 Å². The van der Waals surface area contributed by atoms with E-state index >= 15 is 0 Å². The average Bonchev–Trinajstić information content (AvgIpc) is 2.95. The second-order valence-electron chi connectivity index (χ2n) is 4.64. The van der Waals surface area contributed by atoms with Crippen LogP contribution < -0.4 is 5.32 Å². The second-order valence-corrected chi connectivity index (χ2v) is 4.64. The fourth-order valence-electron chi connectivity index (χ4n) is 2.37. The zero-order chi connectivity index (χ0) is 13.4. The lowest BCUT2D eigenvalue weighted by Crippen LogP contribution is -1.95. The normalized spacial score (nSPS) is 10.5. The van der Waals surface area contributed by atoms with Crippen LogP contribution in [0, 0.1) is 0 Å². The lowest BCUT2D eigenvalue weighted by molar-refractivity contribution is 1.22. The first kappa shape index (κ1) is 13.4. The van der Waals surface area contributed by atoms with Crippen LogP contribution >= 0.6 is 12.4 Å². The van der Waals surface area contributed by atoms with Crippen LogP contribution in [0.1, 0.15) is 0 Å². The topological polar surface area (TPSA) is 53.6 Å². The summed E-state index contributed by atoms with van der Waals surface area (Å²) in [5.41, 5.74) is 3.08. The van der Waals surface area contributed by atoms with Gasteiger partial charge in [0.1, 0.15) is 12.1 Å². The molecule has 0 spiro atoms. The van der Waals surface area contributed by atoms with Gasteiger partial charge in [-0.15, -0.1) is 12.4 Å². The van der Waals surface area contributed by atoms with Gasteiger partial charge in [0.15, 0.2) is 0 Å². The minimum Gasteiger partial charge on any atom is -0.361 e. The summed E-state index contributed by atoms with van der Waals surface area (Å²) in [4.78, 5) is 11.8. The summed E-state index contributed by atoms with van der Waals surface area (Å²) in [6.45, 7) is 0. The van der Waals surface area contributed by atoms with Gasteiger partial charge >= 0.3 is 0 Å². The molecule has 0 radical (unpaired) electrons. The van der Waals surface area contributed by atoms with Crippen LogP contribution in [0.2, 0.25) is 0 Å². The van der Waals surface area contributed by atoms with Crippen molar-refractivity contribution in [1.82, 2.24) is 15.0 Å². The van der Waals surface area contributed by atoms with Crippen LogP contribution in [-0.2, 0) is 0 Å². The van der Waals surface area contributed by atoms with Crippen LogP contribution in [0.5, 0.6) is 0 Å². The van der Waals surface area contributed by atoms with Crippen molar-refractivity contribution in [3.05, 3.63) is 61.1 Å². The molecule has 4 rings (SSSR count). The van der Waals surface area contributed by atoms with Crippen molar-refractivity contribution in [2.24, 2.45) is 0 Å². The number of hydrogen-bond acceptors (Lipinski definition) is 3. The molecule has 0 bridgehead atoms. The van der Waals surface area contributed by atoms with Gasteiger partial charge in [0.05, 0.1) is 5.52 Å². The number of aromatic amines is 1. The molecule has 0 atom stereocenters. The van der Waals surface area contributed by atoms with Gasteiger partial charge in [0, 0.05) is 28.2 Å². The number of fused-ring (bicyclic) bond motifs is 2. The van der Waals surface area contributed by atoms with E-state index in [4.69, 9.17) is 0 Å². The average molecular weight is 297 g/mol. The molecular weight excluding hydrogens is 284 g/mol. The lowest BCUT2D eigenvalue weighted by atomic mass is 10.2. The van der Waals surface area contributed by atoms with Crippen molar-refractivity contribution < 1.29 is 0 Å². The lowest BCUT2D eigenvalue weighted by Gasteiger charge is -2.08. The summed E-state index contributed by atoms with van der Waals surface area (Å²) in [5.74, 6) is 0.825. The number of para-hydroxylation sites is 1. The Balaban J connectivity index is 0.00000132. The maximum absolute atomic E-state index is 4.34. The quantitative estimate of drug-likeness (QED) is 0.580. The van der Waals surface area contributed by atoms with E-state index in [9.17, 15) is 0 Å². The summed E-state index contributed by atoms with van der Waals surface area (Å²) in [6.07, 6.45) is 3.52. The highest BCUT2D eigenvalue weighted by atomic mass is 35.5. The molecule has 2 aromatic heterocycles. The van der Waals surface area contributed by atoms with Crippen LogP contribution in [0.3, 0.4) is 0 Å². The fraction of sp³-hybridized carbons (Fsp3) is 0. The van der Waals surface area contributed by atoms with Crippen molar-refractivity contribution in [2.75, 3.05) is 5.32 Å². The van der Waals surface area contributed by atoms with Gasteiger partial charge in [-0.1, -0.05) is 12.1 Å². The van der Waals surface area contributed by atoms with Crippen molar-refractivity contribution in [2.45, 2.75) is 0 Å². The summed E-state index contributed by atoms with van der Waals surface area (Å²) >= 11 is 0. The Kier molecular flexibility index (Phi) is 3.46. The smallest absolute Gasteiger partial charge is 0.141 e. The Morgan fingerprint density at radius 2 is 1.86 bits per heavy atom. The molecule has 2 aromatic carbocycles. The first-order valence-corrected chi connectivity index (χ1v) is 6.44. The highest BCUT2D eigenvalue weighted by Crippen LogP contribution is 2.24. The molecule has 0 aliphatic carbocycles. The maximum Gasteiger partial charge on any atom is 0.141 e. The van der Waals surface area contributed by atoms with Crippen LogP contribution in [0.4, 0.5) is 11.5 Å². The predicted octanol–water partition coefficient (Wildman–Crippen LogP) is 4.28. The SMILES string of the molecule is Cl.c1ccc2c(Nc3ccc4[nH]ccc4c3)ncnc2c1. The fourth-order valence-corrected chi connectivity index (χ4v) is 2.37. The van der Waals surface area contributed by atoms with E-state index in [0.29, 0.717) is 0 Å². The highest BCUT2D eigenvalue weighted by molar-refractivity contribution is 5.91. The number of rotatable bonds is 2. The van der Waals surface area contributed by atoms with E-state index in [0.717, 1.165) is 27.9 Å². The second kappa shape index (κ2) is 5.42. The van der Waals surface area contributed by atoms with E-state index in [1.165, 1.54) is 5.39 Å². The molecule has 0 saturated carbocycles. The molecule has 2 heterocycles. The van der Waals surface area contributed by atoms with E-state index < -0.39 is 0 Å². The number of hydrogen-bond donors (Lipinski definition) is 2. The number of H-pyrrole nitrogens is 1. The van der Waals surface area contributed by atoms with Crippen LogP contribution in [0.25, 0.3) is 21.8 Å². The zero-order valence-electron chi connectivity index (χ0n) is 11.1. The van der Waals surface area contributed by atoms with Gasteiger partial charge in [0.25, 0.3) is 0 Å². The molecule has 2 N–H and O–H groups in total. The van der Waals surface area contributed by atoms with Crippen molar-refractivity contribution in [1.29, 1.82) is 0 Å². The van der Waals surface area contributed by atoms with E-state index in [1.54, 1.807) is 6.33 Å². The van der Waals surface area contributed by atoms with Crippen molar-refractivity contribution >= 4 is 45.7 Å². The molecule has 0 unspecified atom stereocenters. The number of aromatic nitrogens is 3. The maximum atomic E-state index is 4.34. The van der Waals surface area contributed by atoms with E-state index in [-0.39, 0.29) is 12.4 Å². The molecule has 5 heteroatoms. The van der Waals surface area contributed by atoms with Crippen LogP contribution in [0.15, 0.2) is 61.1 Å². The molecule has 4 nitrogen and oxygen atoms in total. The number of nitrogens with zero attached hydrogens (tertiary/aromatic N) is 2. The zero-order valence-corrected chi connectivity index (χ0v) is 11.9. The van der Waals surface area contributed by atoms with E-state index in [1.807, 2.05) is 36.5 Å². The number of benzene rings is 2. The Hall–Kier alpha value is -2.59. The monoisotopic (exact) mass is 296 g/mol. The van der Waals surface area contributed by atoms with Gasteiger partial charge in [-0.05, 0) is 36.4 Å². The molecule has 0 aliphatic heterocycles. The number of nitrogens with one attached hydrogen (secondary N) is 2.